The van der Waals surface area contributed by atoms with E-state index in [2.05, 4.69) is 5.32 Å². The topological polar surface area (TPSA) is 71.1 Å². The molecule has 3 aromatic rings. The Balaban J connectivity index is 1.79. The molecule has 0 unspecified atom stereocenters. The average Bonchev–Trinajstić information content (AvgIpc) is 3.10. The smallest absolute Gasteiger partial charge is 0.340 e. The van der Waals surface area contributed by atoms with E-state index in [9.17, 15) is 9.59 Å². The summed E-state index contributed by atoms with van der Waals surface area (Å²) in [6.07, 6.45) is 0. The molecule has 3 aromatic carbocycles. The molecule has 2 aliphatic heterocycles. The molecular formula is C26H24IN3O4. The summed E-state index contributed by atoms with van der Waals surface area (Å²) in [5, 5.41) is 2.90. The number of esters is 1. The molecule has 0 atom stereocenters. The molecule has 0 aliphatic carbocycles. The van der Waals surface area contributed by atoms with Crippen molar-refractivity contribution in [1.29, 1.82) is 0 Å². The maximum absolute atomic E-state index is 13.1. The van der Waals surface area contributed by atoms with Crippen LogP contribution >= 0.6 is 22.6 Å². The lowest BCUT2D eigenvalue weighted by Gasteiger charge is -2.37. The number of alkyl halides is 1. The number of carbonyl (C=O) groups excluding carboxylic acids is 2. The molecule has 2 aliphatic rings. The number of halogens is 1. The van der Waals surface area contributed by atoms with E-state index in [4.69, 9.17) is 9.47 Å². The number of benzene rings is 3. The van der Waals surface area contributed by atoms with Crippen LogP contribution in [0.3, 0.4) is 0 Å². The van der Waals surface area contributed by atoms with Crippen molar-refractivity contribution in [2.75, 3.05) is 47.7 Å². The number of hydrogen-bond acceptors (Lipinski definition) is 6. The van der Waals surface area contributed by atoms with Gasteiger partial charge in [-0.2, -0.15) is 0 Å². The number of carbonyl (C=O) groups is 2. The molecule has 34 heavy (non-hydrogen) atoms. The number of anilines is 3. The Labute approximate surface area is 211 Å². The van der Waals surface area contributed by atoms with Crippen LogP contribution in [0.15, 0.2) is 54.6 Å². The number of fused-ring (bicyclic) bond motifs is 6. The van der Waals surface area contributed by atoms with Crippen molar-refractivity contribution in [3.05, 3.63) is 76.9 Å². The van der Waals surface area contributed by atoms with Gasteiger partial charge in [0.2, 0.25) is 5.91 Å². The van der Waals surface area contributed by atoms with Crippen LogP contribution in [0.1, 0.15) is 27.0 Å². The summed E-state index contributed by atoms with van der Waals surface area (Å²) in [5.41, 5.74) is 4.01. The third kappa shape index (κ3) is 3.39. The van der Waals surface area contributed by atoms with Gasteiger partial charge >= 0.3 is 5.97 Å². The lowest BCUT2D eigenvalue weighted by molar-refractivity contribution is -0.113. The van der Waals surface area contributed by atoms with Crippen LogP contribution in [0.4, 0.5) is 17.1 Å². The van der Waals surface area contributed by atoms with E-state index in [-0.39, 0.29) is 5.91 Å². The number of rotatable bonds is 4. The van der Waals surface area contributed by atoms with Gasteiger partial charge in [0.15, 0.2) is 5.60 Å². The normalized spacial score (nSPS) is 14.4. The molecule has 2 heterocycles. The second-order valence-electron chi connectivity index (χ2n) is 8.76. The van der Waals surface area contributed by atoms with Gasteiger partial charge in [-0.25, -0.2) is 4.79 Å². The molecule has 1 amide bonds. The van der Waals surface area contributed by atoms with Crippen LogP contribution < -0.4 is 19.9 Å². The number of nitrogens with one attached hydrogen (secondary N) is 1. The molecule has 174 valence electrons. The molecule has 1 N–H and O–H groups in total. The highest BCUT2D eigenvalue weighted by atomic mass is 127. The number of hydrogen-bond donors (Lipinski definition) is 1. The maximum Gasteiger partial charge on any atom is 0.340 e. The van der Waals surface area contributed by atoms with E-state index in [0.29, 0.717) is 32.7 Å². The van der Waals surface area contributed by atoms with Gasteiger partial charge < -0.3 is 24.6 Å². The summed E-state index contributed by atoms with van der Waals surface area (Å²) < 4.78 is 13.0. The van der Waals surface area contributed by atoms with Crippen molar-refractivity contribution in [2.24, 2.45) is 0 Å². The molecule has 0 aromatic heterocycles. The molecule has 7 nitrogen and oxygen atoms in total. The predicted octanol–water partition coefficient (Wildman–Crippen LogP) is 4.76. The second kappa shape index (κ2) is 8.19. The van der Waals surface area contributed by atoms with Crippen LogP contribution in [0, 0.1) is 0 Å². The summed E-state index contributed by atoms with van der Waals surface area (Å²) in [5.74, 6) is 0.724. The van der Waals surface area contributed by atoms with Crippen molar-refractivity contribution in [2.45, 2.75) is 5.60 Å². The molecule has 0 saturated heterocycles. The summed E-state index contributed by atoms with van der Waals surface area (Å²) in [4.78, 5) is 29.2. The first-order chi connectivity index (χ1) is 16.2. The summed E-state index contributed by atoms with van der Waals surface area (Å²) in [6, 6.07) is 17.1. The van der Waals surface area contributed by atoms with Crippen LogP contribution in [0.25, 0.3) is 0 Å². The van der Waals surface area contributed by atoms with Crippen molar-refractivity contribution < 1.29 is 19.1 Å². The fraction of sp³-hybridized carbons (Fsp3) is 0.231. The first-order valence-electron chi connectivity index (χ1n) is 10.8. The Bertz CT molecular complexity index is 1280. The van der Waals surface area contributed by atoms with Crippen LogP contribution in [-0.2, 0) is 15.1 Å². The number of amides is 1. The lowest BCUT2D eigenvalue weighted by Crippen LogP contribution is -2.33. The predicted molar refractivity (Wildman–Crippen MR) is 141 cm³/mol. The Hall–Kier alpha value is -3.27. The molecule has 0 bridgehead atoms. The van der Waals surface area contributed by atoms with Crippen molar-refractivity contribution in [1.82, 2.24) is 0 Å². The Morgan fingerprint density at radius 2 is 1.47 bits per heavy atom. The minimum Gasteiger partial charge on any atom is -0.456 e. The highest BCUT2D eigenvalue weighted by Gasteiger charge is 2.53. The molecule has 5 rings (SSSR count). The summed E-state index contributed by atoms with van der Waals surface area (Å²) >= 11 is 2.02. The molecule has 8 heteroatoms. The summed E-state index contributed by atoms with van der Waals surface area (Å²) in [6.45, 7) is 0. The highest BCUT2D eigenvalue weighted by molar-refractivity contribution is 14.1. The van der Waals surface area contributed by atoms with Crippen molar-refractivity contribution >= 4 is 51.5 Å². The standard InChI is InChI=1S/C26H24IN3O4/c1-29(2)16-6-9-19-22(12-16)33-23-13-17(30(3)4)7-10-20(23)26(19)21-11-15(28-24(31)14-27)5-8-18(21)25(32)34-26/h5-13H,14H2,1-4H3,(H,28,31). The number of ether oxygens (including phenoxy) is 2. The zero-order valence-electron chi connectivity index (χ0n) is 19.3. The Morgan fingerprint density at radius 3 is 2.00 bits per heavy atom. The average molecular weight is 569 g/mol. The van der Waals surface area contributed by atoms with Crippen molar-refractivity contribution in [3.63, 3.8) is 0 Å². The van der Waals surface area contributed by atoms with E-state index >= 15 is 0 Å². The summed E-state index contributed by atoms with van der Waals surface area (Å²) in [7, 11) is 7.85. The van der Waals surface area contributed by atoms with Gasteiger partial charge in [0, 0.05) is 74.1 Å². The minimum atomic E-state index is -1.18. The SMILES string of the molecule is CN(C)c1ccc2c(c1)Oc1cc(N(C)C)ccc1C21OC(=O)c2ccc(NC(=O)CI)cc21. The van der Waals surface area contributed by atoms with Gasteiger partial charge in [0.25, 0.3) is 0 Å². The molecule has 0 fully saturated rings. The second-order valence-corrected chi connectivity index (χ2v) is 9.53. The first-order valence-corrected chi connectivity index (χ1v) is 12.3. The van der Waals surface area contributed by atoms with Crippen LogP contribution in [0.2, 0.25) is 0 Å². The van der Waals surface area contributed by atoms with E-state index in [1.807, 2.05) is 103 Å². The fourth-order valence-corrected chi connectivity index (χ4v) is 4.72. The van der Waals surface area contributed by atoms with E-state index in [0.717, 1.165) is 22.5 Å². The lowest BCUT2D eigenvalue weighted by atomic mass is 9.77. The van der Waals surface area contributed by atoms with E-state index in [1.54, 1.807) is 12.1 Å². The third-order valence-electron chi connectivity index (χ3n) is 6.21. The monoisotopic (exact) mass is 569 g/mol. The van der Waals surface area contributed by atoms with Gasteiger partial charge in [0.05, 0.1) is 9.99 Å². The minimum absolute atomic E-state index is 0.112. The van der Waals surface area contributed by atoms with Crippen LogP contribution in [0.5, 0.6) is 11.5 Å². The van der Waals surface area contributed by atoms with Gasteiger partial charge in [0.1, 0.15) is 11.5 Å². The van der Waals surface area contributed by atoms with Gasteiger partial charge in [-0.1, -0.05) is 22.6 Å². The highest BCUT2D eigenvalue weighted by Crippen LogP contribution is 2.57. The van der Waals surface area contributed by atoms with Gasteiger partial charge in [-0.3, -0.25) is 4.79 Å². The zero-order valence-corrected chi connectivity index (χ0v) is 21.5. The van der Waals surface area contributed by atoms with Crippen molar-refractivity contribution in [3.8, 4) is 11.5 Å². The first kappa shape index (κ1) is 22.5. The zero-order chi connectivity index (χ0) is 24.2. The molecular weight excluding hydrogens is 545 g/mol. The van der Waals surface area contributed by atoms with Crippen LogP contribution in [-0.4, -0.2) is 44.5 Å². The maximum atomic E-state index is 13.1. The molecule has 0 saturated carbocycles. The largest absolute Gasteiger partial charge is 0.456 e. The Kier molecular flexibility index (Phi) is 5.43. The molecule has 0 radical (unpaired) electrons. The fourth-order valence-electron chi connectivity index (χ4n) is 4.53. The quantitative estimate of drug-likeness (QED) is 0.278. The Morgan fingerprint density at radius 1 is 0.882 bits per heavy atom. The third-order valence-corrected chi connectivity index (χ3v) is 6.90. The van der Waals surface area contributed by atoms with E-state index < -0.39 is 11.6 Å². The van der Waals surface area contributed by atoms with E-state index in [1.165, 1.54) is 0 Å². The van der Waals surface area contributed by atoms with Gasteiger partial charge in [-0.15, -0.1) is 0 Å². The van der Waals surface area contributed by atoms with Gasteiger partial charge in [-0.05, 0) is 42.5 Å². The number of nitrogens with zero attached hydrogens (tertiary/aromatic N) is 2. The molecule has 1 spiro atoms.